The molecule has 2 aliphatic carbocycles. The lowest BCUT2D eigenvalue weighted by molar-refractivity contribution is 0.114. The van der Waals surface area contributed by atoms with Crippen LogP contribution in [0.3, 0.4) is 0 Å². The standard InChI is InChI=1S/C24H43N/c1-3-5-7-8-9-17-24(20-25)18-15-23(16-19-24)22-13-11-21(12-14-22)10-6-4-2/h21-23H,3-19H2,1-2H3. The van der Waals surface area contributed by atoms with Crippen molar-refractivity contribution in [1.82, 2.24) is 0 Å². The van der Waals surface area contributed by atoms with Crippen molar-refractivity contribution in [3.05, 3.63) is 0 Å². The third-order valence-electron chi connectivity index (χ3n) is 7.51. The summed E-state index contributed by atoms with van der Waals surface area (Å²) in [7, 11) is 0. The maximum Gasteiger partial charge on any atom is 0.0689 e. The fourth-order valence-corrected chi connectivity index (χ4v) is 5.59. The van der Waals surface area contributed by atoms with E-state index >= 15 is 0 Å². The van der Waals surface area contributed by atoms with Gasteiger partial charge in [0, 0.05) is 0 Å². The maximum absolute atomic E-state index is 9.81. The molecule has 0 radical (unpaired) electrons. The summed E-state index contributed by atoms with van der Waals surface area (Å²) in [6, 6.07) is 2.76. The molecule has 0 aromatic heterocycles. The van der Waals surface area contributed by atoms with Gasteiger partial charge in [-0.25, -0.2) is 0 Å². The van der Waals surface area contributed by atoms with Crippen molar-refractivity contribution < 1.29 is 0 Å². The van der Waals surface area contributed by atoms with Crippen LogP contribution < -0.4 is 0 Å². The highest BCUT2D eigenvalue weighted by Crippen LogP contribution is 2.47. The van der Waals surface area contributed by atoms with Gasteiger partial charge in [-0.3, -0.25) is 0 Å². The van der Waals surface area contributed by atoms with Gasteiger partial charge in [-0.05, 0) is 62.7 Å². The second-order valence-electron chi connectivity index (χ2n) is 9.32. The Balaban J connectivity index is 1.68. The number of hydrogen-bond donors (Lipinski definition) is 0. The SMILES string of the molecule is CCCCCCCC1(C#N)CCC(C2CCC(CCCC)CC2)CC1. The largest absolute Gasteiger partial charge is 0.198 e. The van der Waals surface area contributed by atoms with Crippen molar-refractivity contribution >= 4 is 0 Å². The minimum absolute atomic E-state index is 0.0427. The first-order valence-corrected chi connectivity index (χ1v) is 11.6. The highest BCUT2D eigenvalue weighted by Gasteiger charge is 2.38. The van der Waals surface area contributed by atoms with Crippen LogP contribution in [-0.2, 0) is 0 Å². The summed E-state index contributed by atoms with van der Waals surface area (Å²) in [5.74, 6) is 2.95. The third kappa shape index (κ3) is 6.62. The summed E-state index contributed by atoms with van der Waals surface area (Å²) in [5, 5.41) is 9.81. The average molecular weight is 346 g/mol. The van der Waals surface area contributed by atoms with Crippen molar-refractivity contribution in [2.45, 2.75) is 123 Å². The zero-order valence-electron chi connectivity index (χ0n) is 17.2. The number of rotatable bonds is 10. The summed E-state index contributed by atoms with van der Waals surface area (Å²) >= 11 is 0. The first kappa shape index (κ1) is 20.8. The Bertz CT molecular complexity index is 377. The molecular formula is C24H43N. The smallest absolute Gasteiger partial charge is 0.0689 e. The molecule has 0 bridgehead atoms. The molecule has 0 heterocycles. The minimum Gasteiger partial charge on any atom is -0.198 e. The summed E-state index contributed by atoms with van der Waals surface area (Å²) in [6.45, 7) is 4.59. The number of nitriles is 1. The third-order valence-corrected chi connectivity index (χ3v) is 7.51. The van der Waals surface area contributed by atoms with E-state index in [4.69, 9.17) is 0 Å². The van der Waals surface area contributed by atoms with Gasteiger partial charge >= 0.3 is 0 Å². The summed E-state index contributed by atoms with van der Waals surface area (Å²) in [4.78, 5) is 0. The van der Waals surface area contributed by atoms with E-state index in [2.05, 4.69) is 19.9 Å². The van der Waals surface area contributed by atoms with Crippen LogP contribution in [0, 0.1) is 34.5 Å². The Morgan fingerprint density at radius 3 is 1.96 bits per heavy atom. The van der Waals surface area contributed by atoms with Crippen LogP contribution in [0.15, 0.2) is 0 Å². The molecule has 0 unspecified atom stereocenters. The molecule has 0 amide bonds. The highest BCUT2D eigenvalue weighted by atomic mass is 14.4. The van der Waals surface area contributed by atoms with E-state index in [1.165, 1.54) is 109 Å². The molecule has 1 heteroatoms. The summed E-state index contributed by atoms with van der Waals surface area (Å²) in [5.41, 5.74) is 0.0427. The Labute approximate surface area is 158 Å². The van der Waals surface area contributed by atoms with Crippen LogP contribution in [0.5, 0.6) is 0 Å². The van der Waals surface area contributed by atoms with Crippen LogP contribution in [-0.4, -0.2) is 0 Å². The normalized spacial score (nSPS) is 33.1. The number of hydrogen-bond acceptors (Lipinski definition) is 1. The molecule has 0 atom stereocenters. The first-order valence-electron chi connectivity index (χ1n) is 11.6. The van der Waals surface area contributed by atoms with Gasteiger partial charge in [-0.1, -0.05) is 78.1 Å². The summed E-state index contributed by atoms with van der Waals surface area (Å²) in [6.07, 6.45) is 23.1. The maximum atomic E-state index is 9.81. The summed E-state index contributed by atoms with van der Waals surface area (Å²) < 4.78 is 0. The van der Waals surface area contributed by atoms with Crippen LogP contribution in [0.4, 0.5) is 0 Å². The lowest BCUT2D eigenvalue weighted by atomic mass is 9.63. The van der Waals surface area contributed by atoms with Crippen LogP contribution in [0.1, 0.15) is 123 Å². The van der Waals surface area contributed by atoms with Crippen molar-refractivity contribution in [2.24, 2.45) is 23.2 Å². The Hall–Kier alpha value is -0.510. The van der Waals surface area contributed by atoms with Gasteiger partial charge in [-0.15, -0.1) is 0 Å². The molecule has 0 aliphatic heterocycles. The van der Waals surface area contributed by atoms with Crippen molar-refractivity contribution in [2.75, 3.05) is 0 Å². The van der Waals surface area contributed by atoms with Crippen LogP contribution in [0.25, 0.3) is 0 Å². The molecule has 25 heavy (non-hydrogen) atoms. The number of nitrogens with zero attached hydrogens (tertiary/aromatic N) is 1. The highest BCUT2D eigenvalue weighted by molar-refractivity contribution is 5.02. The van der Waals surface area contributed by atoms with Gasteiger partial charge in [0.05, 0.1) is 11.5 Å². The fourth-order valence-electron chi connectivity index (χ4n) is 5.59. The van der Waals surface area contributed by atoms with Crippen LogP contribution in [0.2, 0.25) is 0 Å². The predicted octanol–water partition coefficient (Wildman–Crippen LogP) is 8.04. The zero-order chi connectivity index (χ0) is 18.0. The second-order valence-corrected chi connectivity index (χ2v) is 9.32. The lowest BCUT2D eigenvalue weighted by Gasteiger charge is -2.41. The van der Waals surface area contributed by atoms with E-state index in [0.717, 1.165) is 17.8 Å². The van der Waals surface area contributed by atoms with Gasteiger partial charge in [0.1, 0.15) is 0 Å². The molecule has 144 valence electrons. The predicted molar refractivity (Wildman–Crippen MR) is 108 cm³/mol. The molecule has 0 spiro atoms. The molecule has 0 saturated heterocycles. The molecule has 2 aliphatic rings. The van der Waals surface area contributed by atoms with E-state index in [1.807, 2.05) is 0 Å². The Morgan fingerprint density at radius 2 is 1.36 bits per heavy atom. The van der Waals surface area contributed by atoms with E-state index in [0.29, 0.717) is 0 Å². The fraction of sp³-hybridized carbons (Fsp3) is 0.958. The van der Waals surface area contributed by atoms with Crippen LogP contribution >= 0.6 is 0 Å². The molecule has 0 aromatic rings. The lowest BCUT2D eigenvalue weighted by Crippen LogP contribution is -2.31. The molecular weight excluding hydrogens is 302 g/mol. The van der Waals surface area contributed by atoms with E-state index in [9.17, 15) is 5.26 Å². The molecule has 2 saturated carbocycles. The minimum atomic E-state index is 0.0427. The average Bonchev–Trinajstić information content (AvgIpc) is 2.67. The Morgan fingerprint density at radius 1 is 0.760 bits per heavy atom. The van der Waals surface area contributed by atoms with E-state index in [1.54, 1.807) is 0 Å². The second kappa shape index (κ2) is 11.3. The van der Waals surface area contributed by atoms with Gasteiger partial charge in [0.2, 0.25) is 0 Å². The Kier molecular flexibility index (Phi) is 9.36. The monoisotopic (exact) mass is 345 g/mol. The van der Waals surface area contributed by atoms with Gasteiger partial charge in [-0.2, -0.15) is 5.26 Å². The van der Waals surface area contributed by atoms with Gasteiger partial charge in [0.15, 0.2) is 0 Å². The van der Waals surface area contributed by atoms with Gasteiger partial charge < -0.3 is 0 Å². The quantitative estimate of drug-likeness (QED) is 0.367. The van der Waals surface area contributed by atoms with Gasteiger partial charge in [0.25, 0.3) is 0 Å². The van der Waals surface area contributed by atoms with Crippen molar-refractivity contribution in [3.8, 4) is 6.07 Å². The number of unbranched alkanes of at least 4 members (excludes halogenated alkanes) is 5. The molecule has 0 aromatic carbocycles. The van der Waals surface area contributed by atoms with Crippen molar-refractivity contribution in [3.63, 3.8) is 0 Å². The topological polar surface area (TPSA) is 23.8 Å². The zero-order valence-corrected chi connectivity index (χ0v) is 17.2. The molecule has 2 fully saturated rings. The molecule has 2 rings (SSSR count). The molecule has 0 N–H and O–H groups in total. The first-order chi connectivity index (χ1) is 12.2. The molecule has 1 nitrogen and oxygen atoms in total. The van der Waals surface area contributed by atoms with E-state index in [-0.39, 0.29) is 5.41 Å². The van der Waals surface area contributed by atoms with E-state index < -0.39 is 0 Å². The van der Waals surface area contributed by atoms with Crippen molar-refractivity contribution in [1.29, 1.82) is 5.26 Å².